The molecule has 0 radical (unpaired) electrons. The van der Waals surface area contributed by atoms with Gasteiger partial charge in [-0.2, -0.15) is 5.10 Å². The average Bonchev–Trinajstić information content (AvgIpc) is 3.16. The second-order valence-corrected chi connectivity index (χ2v) is 7.66. The molecule has 1 aromatic carbocycles. The number of hydrogen-bond acceptors (Lipinski definition) is 5. The number of guanidine groups is 1. The number of ether oxygens (including phenoxy) is 2. The third-order valence-corrected chi connectivity index (χ3v) is 5.38. The van der Waals surface area contributed by atoms with Crippen molar-refractivity contribution in [1.29, 1.82) is 0 Å². The maximum Gasteiger partial charge on any atom is 0.191 e. The Hall–Kier alpha value is -1.88. The van der Waals surface area contributed by atoms with Crippen LogP contribution in [0.1, 0.15) is 49.8 Å². The van der Waals surface area contributed by atoms with Gasteiger partial charge in [-0.3, -0.25) is 4.99 Å². The van der Waals surface area contributed by atoms with E-state index >= 15 is 0 Å². The van der Waals surface area contributed by atoms with Crippen molar-refractivity contribution in [3.8, 4) is 5.75 Å². The van der Waals surface area contributed by atoms with E-state index in [1.165, 1.54) is 5.56 Å². The molecule has 0 spiro atoms. The van der Waals surface area contributed by atoms with Gasteiger partial charge in [0, 0.05) is 32.7 Å². The van der Waals surface area contributed by atoms with E-state index in [0.717, 1.165) is 62.3 Å². The molecular formula is C22H35IN6O2. The van der Waals surface area contributed by atoms with Gasteiger partial charge >= 0.3 is 0 Å². The predicted molar refractivity (Wildman–Crippen MR) is 133 cm³/mol. The molecule has 0 fully saturated rings. The van der Waals surface area contributed by atoms with Crippen LogP contribution >= 0.6 is 24.0 Å². The lowest BCUT2D eigenvalue weighted by molar-refractivity contribution is 0.177. The quantitative estimate of drug-likeness (QED) is 0.288. The topological polar surface area (TPSA) is 85.6 Å². The minimum absolute atomic E-state index is 0. The zero-order chi connectivity index (χ0) is 21.3. The van der Waals surface area contributed by atoms with Crippen molar-refractivity contribution >= 4 is 29.9 Å². The molecule has 2 N–H and O–H groups in total. The van der Waals surface area contributed by atoms with E-state index in [4.69, 9.17) is 14.5 Å². The van der Waals surface area contributed by atoms with Crippen LogP contribution in [0.25, 0.3) is 0 Å². The Kier molecular flexibility index (Phi) is 10.5. The number of aromatic nitrogens is 3. The van der Waals surface area contributed by atoms with Crippen molar-refractivity contribution in [2.75, 3.05) is 27.3 Å². The number of hydrogen-bond donors (Lipinski definition) is 2. The summed E-state index contributed by atoms with van der Waals surface area (Å²) in [5, 5.41) is 11.5. The maximum absolute atomic E-state index is 5.24. The number of aryl methyl sites for hydroxylation is 1. The first-order valence-electron chi connectivity index (χ1n) is 10.7. The van der Waals surface area contributed by atoms with Crippen molar-refractivity contribution in [1.82, 2.24) is 25.4 Å². The molecule has 0 saturated heterocycles. The van der Waals surface area contributed by atoms with Crippen LogP contribution in [0.3, 0.4) is 0 Å². The second-order valence-electron chi connectivity index (χ2n) is 7.66. The number of nitrogens with zero attached hydrogens (tertiary/aromatic N) is 4. The molecule has 2 heterocycles. The summed E-state index contributed by atoms with van der Waals surface area (Å²) < 4.78 is 12.4. The molecule has 0 bridgehead atoms. The maximum atomic E-state index is 5.24. The summed E-state index contributed by atoms with van der Waals surface area (Å²) in [4.78, 5) is 9.35. The summed E-state index contributed by atoms with van der Waals surface area (Å²) in [5.74, 6) is 3.98. The Morgan fingerprint density at radius 1 is 1.29 bits per heavy atom. The van der Waals surface area contributed by atoms with E-state index in [1.807, 2.05) is 16.8 Å². The number of benzene rings is 1. The van der Waals surface area contributed by atoms with Gasteiger partial charge in [0.25, 0.3) is 0 Å². The van der Waals surface area contributed by atoms with Gasteiger partial charge < -0.3 is 20.1 Å². The fourth-order valence-electron chi connectivity index (χ4n) is 3.65. The van der Waals surface area contributed by atoms with Gasteiger partial charge in [-0.05, 0) is 43.4 Å². The van der Waals surface area contributed by atoms with Crippen LogP contribution in [-0.4, -0.2) is 54.1 Å². The molecule has 0 saturated carbocycles. The summed E-state index contributed by atoms with van der Waals surface area (Å²) >= 11 is 0. The molecule has 2 aromatic rings. The van der Waals surface area contributed by atoms with Gasteiger partial charge in [0.2, 0.25) is 0 Å². The molecule has 8 nitrogen and oxygen atoms in total. The normalized spacial score (nSPS) is 16.8. The van der Waals surface area contributed by atoms with Gasteiger partial charge in [0.05, 0.1) is 13.7 Å². The lowest BCUT2D eigenvalue weighted by Crippen LogP contribution is -2.47. The first-order valence-corrected chi connectivity index (χ1v) is 10.7. The van der Waals surface area contributed by atoms with Crippen LogP contribution in [0, 0.1) is 0 Å². The van der Waals surface area contributed by atoms with Crippen LogP contribution < -0.4 is 15.4 Å². The Balaban J connectivity index is 0.00000341. The SMILES string of the molecule is CCNC(=NCCC(C)c1ccc(OC)cc1)NC1CCc2nc(COC)nn2C1.I. The number of fused-ring (bicyclic) bond motifs is 1. The zero-order valence-electron chi connectivity index (χ0n) is 18.9. The molecule has 3 rings (SSSR count). The molecule has 0 aliphatic carbocycles. The summed E-state index contributed by atoms with van der Waals surface area (Å²) in [7, 11) is 3.36. The van der Waals surface area contributed by atoms with Crippen molar-refractivity contribution in [3.63, 3.8) is 0 Å². The highest BCUT2D eigenvalue weighted by molar-refractivity contribution is 14.0. The molecule has 1 aliphatic heterocycles. The number of rotatable bonds is 9. The van der Waals surface area contributed by atoms with E-state index in [0.29, 0.717) is 12.5 Å². The fourth-order valence-corrected chi connectivity index (χ4v) is 3.65. The predicted octanol–water partition coefficient (Wildman–Crippen LogP) is 3.11. The molecule has 31 heavy (non-hydrogen) atoms. The Labute approximate surface area is 202 Å². The number of halogens is 1. The van der Waals surface area contributed by atoms with Gasteiger partial charge in [-0.15, -0.1) is 24.0 Å². The molecule has 1 aliphatic rings. The first-order chi connectivity index (χ1) is 14.6. The third-order valence-electron chi connectivity index (χ3n) is 5.38. The van der Waals surface area contributed by atoms with Crippen LogP contribution in [0.15, 0.2) is 29.3 Å². The van der Waals surface area contributed by atoms with Crippen LogP contribution in [0.4, 0.5) is 0 Å². The Bertz CT molecular complexity index is 824. The zero-order valence-corrected chi connectivity index (χ0v) is 21.3. The van der Waals surface area contributed by atoms with Gasteiger partial charge in [-0.1, -0.05) is 19.1 Å². The molecule has 2 unspecified atom stereocenters. The van der Waals surface area contributed by atoms with Crippen molar-refractivity contribution in [2.24, 2.45) is 4.99 Å². The molecule has 9 heteroatoms. The highest BCUT2D eigenvalue weighted by atomic mass is 127. The van der Waals surface area contributed by atoms with Crippen molar-refractivity contribution in [3.05, 3.63) is 41.5 Å². The van der Waals surface area contributed by atoms with Crippen LogP contribution in [-0.2, 0) is 24.3 Å². The summed E-state index contributed by atoms with van der Waals surface area (Å²) in [6.07, 6.45) is 2.90. The molecule has 1 aromatic heterocycles. The van der Waals surface area contributed by atoms with Crippen molar-refractivity contribution in [2.45, 2.75) is 58.2 Å². The molecular weight excluding hydrogens is 507 g/mol. The fraction of sp³-hybridized carbons (Fsp3) is 0.591. The lowest BCUT2D eigenvalue weighted by atomic mass is 9.98. The molecule has 2 atom stereocenters. The number of aliphatic imine (C=N–C) groups is 1. The average molecular weight is 542 g/mol. The standard InChI is InChI=1S/C22H34N6O2.HI/c1-5-23-22(24-13-12-16(2)17-6-9-19(30-4)10-7-17)25-18-8-11-21-26-20(15-29-3)27-28(21)14-18;/h6-7,9-10,16,18H,5,8,11-15H2,1-4H3,(H2,23,24,25);1H. The van der Waals surface area contributed by atoms with Gasteiger partial charge in [0.1, 0.15) is 18.2 Å². The van der Waals surface area contributed by atoms with E-state index in [1.54, 1.807) is 14.2 Å². The summed E-state index contributed by atoms with van der Waals surface area (Å²) in [5.41, 5.74) is 1.31. The second kappa shape index (κ2) is 12.8. The number of methoxy groups -OCH3 is 2. The first kappa shape index (κ1) is 25.4. The Morgan fingerprint density at radius 2 is 2.06 bits per heavy atom. The van der Waals surface area contributed by atoms with Crippen LogP contribution in [0.5, 0.6) is 5.75 Å². The summed E-state index contributed by atoms with van der Waals surface area (Å²) in [6.45, 7) is 7.17. The van der Waals surface area contributed by atoms with E-state index < -0.39 is 0 Å². The largest absolute Gasteiger partial charge is 0.497 e. The van der Waals surface area contributed by atoms with Crippen LogP contribution in [0.2, 0.25) is 0 Å². The third kappa shape index (κ3) is 7.34. The molecule has 172 valence electrons. The van der Waals surface area contributed by atoms with E-state index in [9.17, 15) is 0 Å². The minimum Gasteiger partial charge on any atom is -0.497 e. The van der Waals surface area contributed by atoms with Crippen molar-refractivity contribution < 1.29 is 9.47 Å². The summed E-state index contributed by atoms with van der Waals surface area (Å²) in [6, 6.07) is 8.57. The molecule has 0 amide bonds. The minimum atomic E-state index is 0. The highest BCUT2D eigenvalue weighted by Gasteiger charge is 2.22. The number of nitrogens with one attached hydrogen (secondary N) is 2. The Morgan fingerprint density at radius 3 is 2.74 bits per heavy atom. The monoisotopic (exact) mass is 542 g/mol. The highest BCUT2D eigenvalue weighted by Crippen LogP contribution is 2.21. The lowest BCUT2D eigenvalue weighted by Gasteiger charge is -2.25. The van der Waals surface area contributed by atoms with Gasteiger partial charge in [0.15, 0.2) is 11.8 Å². The van der Waals surface area contributed by atoms with E-state index in [-0.39, 0.29) is 30.0 Å². The van der Waals surface area contributed by atoms with Gasteiger partial charge in [-0.25, -0.2) is 9.67 Å². The van der Waals surface area contributed by atoms with E-state index in [2.05, 4.69) is 46.7 Å². The smallest absolute Gasteiger partial charge is 0.191 e.